The molecule has 0 aromatic heterocycles. The standard InChI is InChI=1S/C13H22N2O3/c1-2-3-4-9-14-13(18)15-11-7-5-10(6-8-11)12(16)17/h3-4,10-11H,2,5-9H2,1H3,(H,16,17)(H2,14,15,18)/b4-3+. The van der Waals surface area contributed by atoms with E-state index in [-0.39, 0.29) is 18.0 Å². The van der Waals surface area contributed by atoms with Gasteiger partial charge in [-0.1, -0.05) is 19.1 Å². The molecular weight excluding hydrogens is 232 g/mol. The number of hydrogen-bond donors (Lipinski definition) is 3. The lowest BCUT2D eigenvalue weighted by Gasteiger charge is -2.26. The number of hydrogen-bond acceptors (Lipinski definition) is 2. The van der Waals surface area contributed by atoms with Crippen molar-refractivity contribution in [2.45, 2.75) is 45.1 Å². The summed E-state index contributed by atoms with van der Waals surface area (Å²) in [6.45, 7) is 2.57. The van der Waals surface area contributed by atoms with Crippen molar-refractivity contribution in [3.8, 4) is 0 Å². The average Bonchev–Trinajstić information content (AvgIpc) is 2.35. The Morgan fingerprint density at radius 3 is 2.44 bits per heavy atom. The molecule has 0 aliphatic heterocycles. The van der Waals surface area contributed by atoms with Crippen molar-refractivity contribution in [3.05, 3.63) is 12.2 Å². The highest BCUT2D eigenvalue weighted by molar-refractivity contribution is 5.74. The van der Waals surface area contributed by atoms with E-state index in [0.29, 0.717) is 19.4 Å². The molecule has 0 heterocycles. The van der Waals surface area contributed by atoms with Crippen LogP contribution in [0.5, 0.6) is 0 Å². The van der Waals surface area contributed by atoms with Crippen LogP contribution < -0.4 is 10.6 Å². The number of carboxylic acid groups (broad SMARTS) is 1. The van der Waals surface area contributed by atoms with E-state index in [4.69, 9.17) is 5.11 Å². The fourth-order valence-electron chi connectivity index (χ4n) is 2.12. The van der Waals surface area contributed by atoms with Gasteiger partial charge in [-0.25, -0.2) is 4.79 Å². The van der Waals surface area contributed by atoms with Gasteiger partial charge in [0.25, 0.3) is 0 Å². The van der Waals surface area contributed by atoms with Crippen LogP contribution in [0.1, 0.15) is 39.0 Å². The predicted molar refractivity (Wildman–Crippen MR) is 69.3 cm³/mol. The highest BCUT2D eigenvalue weighted by Gasteiger charge is 2.26. The molecule has 0 aromatic rings. The van der Waals surface area contributed by atoms with Gasteiger partial charge in [-0.05, 0) is 32.1 Å². The minimum absolute atomic E-state index is 0.107. The molecule has 2 amide bonds. The molecule has 0 aromatic carbocycles. The third kappa shape index (κ3) is 5.21. The van der Waals surface area contributed by atoms with Crippen LogP contribution in [0.15, 0.2) is 12.2 Å². The van der Waals surface area contributed by atoms with Gasteiger partial charge in [0.15, 0.2) is 0 Å². The largest absolute Gasteiger partial charge is 0.481 e. The minimum atomic E-state index is -0.720. The van der Waals surface area contributed by atoms with Crippen LogP contribution in [0, 0.1) is 5.92 Å². The zero-order valence-electron chi connectivity index (χ0n) is 10.8. The Kier molecular flexibility index (Phi) is 6.25. The molecule has 5 nitrogen and oxygen atoms in total. The SMILES string of the molecule is CC/C=C/CNC(=O)NC1CCC(C(=O)O)CC1. The van der Waals surface area contributed by atoms with Crippen LogP contribution in [0.2, 0.25) is 0 Å². The van der Waals surface area contributed by atoms with Gasteiger partial charge < -0.3 is 15.7 Å². The van der Waals surface area contributed by atoms with Crippen molar-refractivity contribution in [1.29, 1.82) is 0 Å². The Morgan fingerprint density at radius 2 is 1.89 bits per heavy atom. The van der Waals surface area contributed by atoms with Gasteiger partial charge >= 0.3 is 12.0 Å². The molecule has 1 rings (SSSR count). The molecule has 0 radical (unpaired) electrons. The molecule has 0 spiro atoms. The fourth-order valence-corrected chi connectivity index (χ4v) is 2.12. The van der Waals surface area contributed by atoms with Crippen LogP contribution in [-0.4, -0.2) is 29.7 Å². The second kappa shape index (κ2) is 7.74. The van der Waals surface area contributed by atoms with E-state index in [0.717, 1.165) is 19.3 Å². The van der Waals surface area contributed by atoms with E-state index >= 15 is 0 Å². The van der Waals surface area contributed by atoms with E-state index in [2.05, 4.69) is 10.6 Å². The lowest BCUT2D eigenvalue weighted by Crippen LogP contribution is -2.44. The van der Waals surface area contributed by atoms with Crippen LogP contribution in [0.25, 0.3) is 0 Å². The summed E-state index contributed by atoms with van der Waals surface area (Å²) in [7, 11) is 0. The first-order valence-corrected chi connectivity index (χ1v) is 6.55. The number of aliphatic carboxylic acids is 1. The highest BCUT2D eigenvalue weighted by Crippen LogP contribution is 2.24. The van der Waals surface area contributed by atoms with E-state index in [1.54, 1.807) is 0 Å². The summed E-state index contributed by atoms with van der Waals surface area (Å²) in [4.78, 5) is 22.3. The van der Waals surface area contributed by atoms with E-state index < -0.39 is 5.97 Å². The second-order valence-electron chi connectivity index (χ2n) is 4.62. The van der Waals surface area contributed by atoms with Gasteiger partial charge in [0.2, 0.25) is 0 Å². The van der Waals surface area contributed by atoms with Crippen LogP contribution in [-0.2, 0) is 4.79 Å². The van der Waals surface area contributed by atoms with Crippen molar-refractivity contribution >= 4 is 12.0 Å². The molecular formula is C13H22N2O3. The second-order valence-corrected chi connectivity index (χ2v) is 4.62. The monoisotopic (exact) mass is 254 g/mol. The lowest BCUT2D eigenvalue weighted by molar-refractivity contribution is -0.142. The molecule has 0 saturated heterocycles. The molecule has 0 unspecified atom stereocenters. The van der Waals surface area contributed by atoms with Crippen molar-refractivity contribution in [2.24, 2.45) is 5.92 Å². The number of nitrogens with one attached hydrogen (secondary N) is 2. The zero-order chi connectivity index (χ0) is 13.4. The molecule has 1 fully saturated rings. The van der Waals surface area contributed by atoms with Crippen molar-refractivity contribution in [2.75, 3.05) is 6.54 Å². The fraction of sp³-hybridized carbons (Fsp3) is 0.692. The van der Waals surface area contributed by atoms with Gasteiger partial charge in [0.1, 0.15) is 0 Å². The zero-order valence-corrected chi connectivity index (χ0v) is 10.8. The molecule has 18 heavy (non-hydrogen) atoms. The lowest BCUT2D eigenvalue weighted by atomic mass is 9.86. The first-order valence-electron chi connectivity index (χ1n) is 6.55. The third-order valence-electron chi connectivity index (χ3n) is 3.19. The molecule has 1 saturated carbocycles. The molecule has 0 bridgehead atoms. The van der Waals surface area contributed by atoms with Crippen LogP contribution in [0.4, 0.5) is 4.79 Å². The average molecular weight is 254 g/mol. The maximum Gasteiger partial charge on any atom is 0.315 e. The molecule has 1 aliphatic rings. The summed E-state index contributed by atoms with van der Waals surface area (Å²) < 4.78 is 0. The Hall–Kier alpha value is -1.52. The van der Waals surface area contributed by atoms with Crippen molar-refractivity contribution in [3.63, 3.8) is 0 Å². The van der Waals surface area contributed by atoms with Gasteiger partial charge in [0.05, 0.1) is 5.92 Å². The topological polar surface area (TPSA) is 78.4 Å². The molecule has 3 N–H and O–H groups in total. The Morgan fingerprint density at radius 1 is 1.22 bits per heavy atom. The summed E-state index contributed by atoms with van der Waals surface area (Å²) in [6.07, 6.45) is 7.66. The number of carbonyl (C=O) groups excluding carboxylic acids is 1. The van der Waals surface area contributed by atoms with Gasteiger partial charge in [-0.15, -0.1) is 0 Å². The molecule has 5 heteroatoms. The quantitative estimate of drug-likeness (QED) is 0.656. The van der Waals surface area contributed by atoms with Gasteiger partial charge in [-0.3, -0.25) is 4.79 Å². The van der Waals surface area contributed by atoms with Crippen LogP contribution in [0.3, 0.4) is 0 Å². The normalized spacial score (nSPS) is 23.8. The first-order chi connectivity index (χ1) is 8.63. The van der Waals surface area contributed by atoms with E-state index in [1.165, 1.54) is 0 Å². The minimum Gasteiger partial charge on any atom is -0.481 e. The maximum atomic E-state index is 11.5. The molecule has 102 valence electrons. The van der Waals surface area contributed by atoms with Crippen LogP contribution >= 0.6 is 0 Å². The molecule has 1 aliphatic carbocycles. The Labute approximate surface area is 108 Å². The summed E-state index contributed by atoms with van der Waals surface area (Å²) >= 11 is 0. The van der Waals surface area contributed by atoms with E-state index in [9.17, 15) is 9.59 Å². The summed E-state index contributed by atoms with van der Waals surface area (Å²) in [5.41, 5.74) is 0. The predicted octanol–water partition coefficient (Wildman–Crippen LogP) is 1.90. The maximum absolute atomic E-state index is 11.5. The highest BCUT2D eigenvalue weighted by atomic mass is 16.4. The molecule has 0 atom stereocenters. The van der Waals surface area contributed by atoms with Crippen molar-refractivity contribution in [1.82, 2.24) is 10.6 Å². The smallest absolute Gasteiger partial charge is 0.315 e. The third-order valence-corrected chi connectivity index (χ3v) is 3.19. The summed E-state index contributed by atoms with van der Waals surface area (Å²) in [5, 5.41) is 14.5. The summed E-state index contributed by atoms with van der Waals surface area (Å²) in [5.74, 6) is -0.957. The van der Waals surface area contributed by atoms with E-state index in [1.807, 2.05) is 19.1 Å². The number of urea groups is 1. The number of carboxylic acids is 1. The number of carbonyl (C=O) groups is 2. The van der Waals surface area contributed by atoms with Crippen molar-refractivity contribution < 1.29 is 14.7 Å². The Balaban J connectivity index is 2.18. The summed E-state index contributed by atoms with van der Waals surface area (Å²) in [6, 6.07) is -0.0646. The number of amides is 2. The van der Waals surface area contributed by atoms with Gasteiger partial charge in [-0.2, -0.15) is 0 Å². The van der Waals surface area contributed by atoms with Gasteiger partial charge in [0, 0.05) is 12.6 Å². The Bertz CT molecular complexity index is 307. The first kappa shape index (κ1) is 14.5. The number of rotatable bonds is 5. The number of allylic oxidation sites excluding steroid dienone is 1.